The van der Waals surface area contributed by atoms with Crippen LogP contribution in [0.2, 0.25) is 0 Å². The van der Waals surface area contributed by atoms with Crippen LogP contribution in [0.4, 0.5) is 5.13 Å². The van der Waals surface area contributed by atoms with Gasteiger partial charge in [-0.1, -0.05) is 13.8 Å². The zero-order valence-electron chi connectivity index (χ0n) is 10.0. The highest BCUT2D eigenvalue weighted by Gasteiger charge is 2.27. The van der Waals surface area contributed by atoms with Gasteiger partial charge in [0, 0.05) is 11.3 Å². The van der Waals surface area contributed by atoms with Crippen molar-refractivity contribution in [2.24, 2.45) is 5.41 Å². The minimum atomic E-state index is -0.564. The third-order valence-corrected chi connectivity index (χ3v) is 3.73. The molecule has 3 nitrogen and oxygen atoms in total. The standard InChI is InChI=1S/C11H17ClN2OS/c1-7(2)8-5-16-10(13-8)14-9(15)11(3,4)6-12/h5,7H,6H2,1-4H3,(H,13,14,15). The van der Waals surface area contributed by atoms with E-state index in [2.05, 4.69) is 24.1 Å². The Kier molecular flexibility index (Phi) is 4.33. The fraction of sp³-hybridized carbons (Fsp3) is 0.636. The number of halogens is 1. The van der Waals surface area contributed by atoms with Crippen LogP contribution in [0.5, 0.6) is 0 Å². The molecular formula is C11H17ClN2OS. The molecule has 0 aliphatic rings. The fourth-order valence-electron chi connectivity index (χ4n) is 0.936. The summed E-state index contributed by atoms with van der Waals surface area (Å²) in [6, 6.07) is 0. The first-order valence-electron chi connectivity index (χ1n) is 5.19. The number of thiazole rings is 1. The molecule has 90 valence electrons. The predicted molar refractivity (Wildman–Crippen MR) is 69.3 cm³/mol. The third kappa shape index (κ3) is 3.19. The molecule has 0 fully saturated rings. The molecule has 0 bridgehead atoms. The van der Waals surface area contributed by atoms with Crippen molar-refractivity contribution in [3.8, 4) is 0 Å². The van der Waals surface area contributed by atoms with Gasteiger partial charge in [-0.25, -0.2) is 4.98 Å². The molecule has 0 atom stereocenters. The highest BCUT2D eigenvalue weighted by Crippen LogP contribution is 2.24. The van der Waals surface area contributed by atoms with E-state index >= 15 is 0 Å². The van der Waals surface area contributed by atoms with Crippen LogP contribution in [0, 0.1) is 5.41 Å². The number of carbonyl (C=O) groups is 1. The molecule has 0 spiro atoms. The Morgan fingerprint density at radius 3 is 2.69 bits per heavy atom. The second kappa shape index (κ2) is 5.15. The predicted octanol–water partition coefficient (Wildman–Crippen LogP) is 3.47. The van der Waals surface area contributed by atoms with Gasteiger partial charge >= 0.3 is 0 Å². The van der Waals surface area contributed by atoms with Gasteiger partial charge in [-0.2, -0.15) is 0 Å². The molecule has 0 aliphatic heterocycles. The van der Waals surface area contributed by atoms with Gasteiger partial charge in [0.05, 0.1) is 11.1 Å². The summed E-state index contributed by atoms with van der Waals surface area (Å²) in [7, 11) is 0. The summed E-state index contributed by atoms with van der Waals surface area (Å²) >= 11 is 7.18. The average Bonchev–Trinajstić information content (AvgIpc) is 2.66. The van der Waals surface area contributed by atoms with Gasteiger partial charge in [0.1, 0.15) is 0 Å². The Morgan fingerprint density at radius 2 is 2.25 bits per heavy atom. The lowest BCUT2D eigenvalue weighted by Gasteiger charge is -2.19. The molecule has 0 saturated carbocycles. The summed E-state index contributed by atoms with van der Waals surface area (Å²) in [6.45, 7) is 7.77. The summed E-state index contributed by atoms with van der Waals surface area (Å²) in [5, 5.41) is 5.40. The highest BCUT2D eigenvalue weighted by atomic mass is 35.5. The largest absolute Gasteiger partial charge is 0.301 e. The van der Waals surface area contributed by atoms with Crippen molar-refractivity contribution >= 4 is 34.0 Å². The van der Waals surface area contributed by atoms with E-state index in [1.807, 2.05) is 19.2 Å². The Bertz CT molecular complexity index is 374. The van der Waals surface area contributed by atoms with Crippen molar-refractivity contribution in [2.75, 3.05) is 11.2 Å². The molecule has 1 rings (SSSR count). The van der Waals surface area contributed by atoms with E-state index in [0.29, 0.717) is 16.9 Å². The van der Waals surface area contributed by atoms with Gasteiger partial charge in [-0.05, 0) is 19.8 Å². The molecule has 0 aliphatic carbocycles. The molecule has 5 heteroatoms. The van der Waals surface area contributed by atoms with Gasteiger partial charge in [-0.15, -0.1) is 22.9 Å². The van der Waals surface area contributed by atoms with Crippen molar-refractivity contribution in [1.82, 2.24) is 4.98 Å². The summed E-state index contributed by atoms with van der Waals surface area (Å²) in [4.78, 5) is 16.2. The first-order chi connectivity index (χ1) is 7.36. The Hall–Kier alpha value is -0.610. The topological polar surface area (TPSA) is 42.0 Å². The van der Waals surface area contributed by atoms with Crippen molar-refractivity contribution in [1.29, 1.82) is 0 Å². The molecule has 1 N–H and O–H groups in total. The average molecular weight is 261 g/mol. The number of alkyl halides is 1. The SMILES string of the molecule is CC(C)c1csc(NC(=O)C(C)(C)CCl)n1. The number of hydrogen-bond donors (Lipinski definition) is 1. The highest BCUT2D eigenvalue weighted by molar-refractivity contribution is 7.13. The minimum Gasteiger partial charge on any atom is -0.301 e. The van der Waals surface area contributed by atoms with E-state index in [0.717, 1.165) is 5.69 Å². The Balaban J connectivity index is 2.70. The zero-order chi connectivity index (χ0) is 12.3. The van der Waals surface area contributed by atoms with Crippen molar-refractivity contribution in [3.63, 3.8) is 0 Å². The molecule has 0 aromatic carbocycles. The molecule has 1 aromatic rings. The van der Waals surface area contributed by atoms with E-state index in [-0.39, 0.29) is 5.91 Å². The smallest absolute Gasteiger partial charge is 0.233 e. The van der Waals surface area contributed by atoms with Gasteiger partial charge in [0.25, 0.3) is 0 Å². The summed E-state index contributed by atoms with van der Waals surface area (Å²) in [5.41, 5.74) is 0.439. The van der Waals surface area contributed by atoms with Crippen molar-refractivity contribution in [3.05, 3.63) is 11.1 Å². The molecular weight excluding hydrogens is 244 g/mol. The monoisotopic (exact) mass is 260 g/mol. The van der Waals surface area contributed by atoms with Crippen LogP contribution in [0.3, 0.4) is 0 Å². The lowest BCUT2D eigenvalue weighted by atomic mass is 9.95. The van der Waals surface area contributed by atoms with Gasteiger partial charge in [0.15, 0.2) is 5.13 Å². The molecule has 0 radical (unpaired) electrons. The number of nitrogens with zero attached hydrogens (tertiary/aromatic N) is 1. The zero-order valence-corrected chi connectivity index (χ0v) is 11.6. The molecule has 0 unspecified atom stereocenters. The number of carbonyl (C=O) groups excluding carboxylic acids is 1. The summed E-state index contributed by atoms with van der Waals surface area (Å²) in [5.74, 6) is 0.580. The maximum Gasteiger partial charge on any atom is 0.233 e. The molecule has 0 saturated heterocycles. The number of nitrogens with one attached hydrogen (secondary N) is 1. The van der Waals surface area contributed by atoms with Crippen LogP contribution < -0.4 is 5.32 Å². The van der Waals surface area contributed by atoms with Crippen LogP contribution in [0.25, 0.3) is 0 Å². The molecule has 1 heterocycles. The number of aromatic nitrogens is 1. The van der Waals surface area contributed by atoms with Crippen LogP contribution in [-0.2, 0) is 4.79 Å². The Labute approximate surface area is 105 Å². The van der Waals surface area contributed by atoms with Gasteiger partial charge in [-0.3, -0.25) is 4.79 Å². The fourth-order valence-corrected chi connectivity index (χ4v) is 1.92. The van der Waals surface area contributed by atoms with Gasteiger partial charge in [0.2, 0.25) is 5.91 Å². The Morgan fingerprint density at radius 1 is 1.62 bits per heavy atom. The van der Waals surface area contributed by atoms with Crippen molar-refractivity contribution in [2.45, 2.75) is 33.6 Å². The lowest BCUT2D eigenvalue weighted by Crippen LogP contribution is -2.32. The second-order valence-electron chi connectivity index (χ2n) is 4.70. The van der Waals surface area contributed by atoms with Crippen LogP contribution in [0.1, 0.15) is 39.3 Å². The number of anilines is 1. The van der Waals surface area contributed by atoms with Gasteiger partial charge < -0.3 is 5.32 Å². The summed E-state index contributed by atoms with van der Waals surface area (Å²) in [6.07, 6.45) is 0. The third-order valence-electron chi connectivity index (χ3n) is 2.28. The normalized spacial score (nSPS) is 11.9. The quantitative estimate of drug-likeness (QED) is 0.843. The number of rotatable bonds is 4. The first kappa shape index (κ1) is 13.5. The number of hydrogen-bond acceptors (Lipinski definition) is 3. The number of amides is 1. The molecule has 16 heavy (non-hydrogen) atoms. The second-order valence-corrected chi connectivity index (χ2v) is 5.83. The molecule has 1 amide bonds. The van der Waals surface area contributed by atoms with E-state index in [9.17, 15) is 4.79 Å². The van der Waals surface area contributed by atoms with Crippen LogP contribution in [-0.4, -0.2) is 16.8 Å². The lowest BCUT2D eigenvalue weighted by molar-refractivity contribution is -0.122. The maximum absolute atomic E-state index is 11.8. The maximum atomic E-state index is 11.8. The first-order valence-corrected chi connectivity index (χ1v) is 6.61. The van der Waals surface area contributed by atoms with E-state index in [4.69, 9.17) is 11.6 Å². The van der Waals surface area contributed by atoms with Crippen LogP contribution >= 0.6 is 22.9 Å². The van der Waals surface area contributed by atoms with Crippen molar-refractivity contribution < 1.29 is 4.79 Å². The summed E-state index contributed by atoms with van der Waals surface area (Å²) < 4.78 is 0. The van der Waals surface area contributed by atoms with Crippen LogP contribution in [0.15, 0.2) is 5.38 Å². The minimum absolute atomic E-state index is 0.0906. The van der Waals surface area contributed by atoms with E-state index in [1.165, 1.54) is 11.3 Å². The van der Waals surface area contributed by atoms with E-state index < -0.39 is 5.41 Å². The van der Waals surface area contributed by atoms with E-state index in [1.54, 1.807) is 0 Å². The molecule has 1 aromatic heterocycles.